The minimum absolute atomic E-state index is 0.00193. The minimum Gasteiger partial charge on any atom is -0.379 e. The molecule has 0 spiro atoms. The molecule has 24 heavy (non-hydrogen) atoms. The van der Waals surface area contributed by atoms with Gasteiger partial charge in [-0.1, -0.05) is 56.5 Å². The van der Waals surface area contributed by atoms with Crippen LogP contribution in [0.25, 0.3) is 0 Å². The van der Waals surface area contributed by atoms with Crippen LogP contribution in [0.4, 0.5) is 0 Å². The van der Waals surface area contributed by atoms with Gasteiger partial charge in [0.15, 0.2) is 0 Å². The van der Waals surface area contributed by atoms with Gasteiger partial charge in [-0.25, -0.2) is 0 Å². The molecule has 1 aliphatic carbocycles. The van der Waals surface area contributed by atoms with Crippen LogP contribution in [-0.4, -0.2) is 23.6 Å². The van der Waals surface area contributed by atoms with Crippen LogP contribution in [-0.2, 0) is 9.53 Å². The highest BCUT2D eigenvalue weighted by atomic mass is 32.2. The van der Waals surface area contributed by atoms with Gasteiger partial charge in [0.25, 0.3) is 0 Å². The summed E-state index contributed by atoms with van der Waals surface area (Å²) in [7, 11) is 1.79. The molecule has 138 valence electrons. The van der Waals surface area contributed by atoms with Gasteiger partial charge in [-0.2, -0.15) is 0 Å². The first-order valence-corrected chi connectivity index (χ1v) is 10.5. The molecule has 3 heteroatoms. The maximum atomic E-state index is 11.9. The predicted molar refractivity (Wildman–Crippen MR) is 106 cm³/mol. The third-order valence-corrected chi connectivity index (χ3v) is 5.70. The van der Waals surface area contributed by atoms with Crippen molar-refractivity contribution in [2.24, 2.45) is 5.92 Å². The van der Waals surface area contributed by atoms with Gasteiger partial charge in [0, 0.05) is 12.9 Å². The maximum Gasteiger partial charge on any atom is 0.212 e. The fraction of sp³-hybridized carbons (Fsp3) is 0.762. The van der Waals surface area contributed by atoms with Crippen molar-refractivity contribution in [2.45, 2.75) is 84.7 Å². The van der Waals surface area contributed by atoms with Gasteiger partial charge in [0.1, 0.15) is 0 Å². The van der Waals surface area contributed by atoms with Crippen molar-refractivity contribution >= 4 is 16.9 Å². The van der Waals surface area contributed by atoms with Gasteiger partial charge in [0.2, 0.25) is 5.12 Å². The summed E-state index contributed by atoms with van der Waals surface area (Å²) >= 11 is 1.46. The lowest BCUT2D eigenvalue weighted by atomic mass is 9.92. The number of rotatable bonds is 11. The second kappa shape index (κ2) is 11.1. The Morgan fingerprint density at radius 2 is 2.12 bits per heavy atom. The number of methoxy groups -OCH3 is 1. The van der Waals surface area contributed by atoms with Gasteiger partial charge in [0.05, 0.1) is 5.60 Å². The average molecular weight is 353 g/mol. The Balaban J connectivity index is 2.34. The number of ether oxygens (including phenoxy) is 1. The summed E-state index contributed by atoms with van der Waals surface area (Å²) < 4.78 is 5.49. The Bertz CT molecular complexity index is 449. The van der Waals surface area contributed by atoms with Crippen LogP contribution in [0.1, 0.15) is 79.1 Å². The Morgan fingerprint density at radius 1 is 1.38 bits per heavy atom. The molecule has 0 saturated heterocycles. The number of allylic oxidation sites excluding steroid dienone is 3. The fourth-order valence-corrected chi connectivity index (χ4v) is 3.89. The second-order valence-corrected chi connectivity index (χ2v) is 8.81. The first kappa shape index (κ1) is 21.5. The van der Waals surface area contributed by atoms with Crippen LogP contribution in [0.3, 0.4) is 0 Å². The van der Waals surface area contributed by atoms with Crippen LogP contribution < -0.4 is 0 Å². The molecular formula is C21H36O2S. The molecule has 0 amide bonds. The van der Waals surface area contributed by atoms with Gasteiger partial charge >= 0.3 is 0 Å². The van der Waals surface area contributed by atoms with E-state index in [4.69, 9.17) is 4.74 Å². The van der Waals surface area contributed by atoms with Crippen LogP contribution >= 0.6 is 11.8 Å². The molecule has 0 aromatic rings. The molecule has 0 aliphatic heterocycles. The Kier molecular flexibility index (Phi) is 9.99. The van der Waals surface area contributed by atoms with Gasteiger partial charge in [-0.15, -0.1) is 0 Å². The highest BCUT2D eigenvalue weighted by Crippen LogP contribution is 2.30. The lowest BCUT2D eigenvalue weighted by molar-refractivity contribution is -0.107. The largest absolute Gasteiger partial charge is 0.379 e. The lowest BCUT2D eigenvalue weighted by Gasteiger charge is -2.23. The number of hydrogen-bond donors (Lipinski definition) is 0. The van der Waals surface area contributed by atoms with E-state index in [-0.39, 0.29) is 10.7 Å². The van der Waals surface area contributed by atoms with Crippen LogP contribution in [0, 0.1) is 5.92 Å². The molecule has 0 fully saturated rings. The van der Waals surface area contributed by atoms with E-state index in [0.29, 0.717) is 5.92 Å². The highest BCUT2D eigenvalue weighted by molar-refractivity contribution is 8.14. The Hall–Kier alpha value is -0.540. The summed E-state index contributed by atoms with van der Waals surface area (Å²) in [4.78, 5) is 11.9. The molecule has 0 aromatic carbocycles. The number of carbonyl (C=O) groups excluding carboxylic acids is 1. The minimum atomic E-state index is -0.00193. The second-order valence-electron chi connectivity index (χ2n) is 7.71. The number of thioether (sulfide) groups is 1. The molecule has 0 aromatic heterocycles. The zero-order valence-corrected chi connectivity index (χ0v) is 17.1. The Morgan fingerprint density at radius 3 is 2.79 bits per heavy atom. The zero-order valence-electron chi connectivity index (χ0n) is 16.3. The van der Waals surface area contributed by atoms with Crippen LogP contribution in [0.15, 0.2) is 23.3 Å². The highest BCUT2D eigenvalue weighted by Gasteiger charge is 2.17. The van der Waals surface area contributed by atoms with E-state index in [2.05, 4.69) is 33.8 Å². The molecule has 1 unspecified atom stereocenters. The molecule has 0 radical (unpaired) electrons. The van der Waals surface area contributed by atoms with Crippen molar-refractivity contribution in [3.63, 3.8) is 0 Å². The summed E-state index contributed by atoms with van der Waals surface area (Å²) in [5.74, 6) is 1.66. The maximum absolute atomic E-state index is 11.9. The molecule has 0 N–H and O–H groups in total. The summed E-state index contributed by atoms with van der Waals surface area (Å²) in [5, 5.41) is 0.228. The van der Waals surface area contributed by atoms with Crippen molar-refractivity contribution < 1.29 is 9.53 Å². The normalized spacial score (nSPS) is 18.0. The molecular weight excluding hydrogens is 316 g/mol. The lowest BCUT2D eigenvalue weighted by Crippen LogP contribution is -2.22. The van der Waals surface area contributed by atoms with E-state index >= 15 is 0 Å². The standard InChI is InChI=1S/C21H36O2S/c1-6-7-13-24-20(22)16-19-11-10-18(15-19)14-17(2)9-8-12-21(3,4)23-5/h15-17H,6-14H2,1-5H3/b19-16+. The van der Waals surface area contributed by atoms with Gasteiger partial charge < -0.3 is 4.74 Å². The van der Waals surface area contributed by atoms with Crippen molar-refractivity contribution in [1.82, 2.24) is 0 Å². The molecule has 1 atom stereocenters. The van der Waals surface area contributed by atoms with Crippen molar-refractivity contribution in [1.29, 1.82) is 0 Å². The third kappa shape index (κ3) is 9.08. The molecule has 0 bridgehead atoms. The van der Waals surface area contributed by atoms with Crippen molar-refractivity contribution in [3.05, 3.63) is 23.3 Å². The fourth-order valence-electron chi connectivity index (χ4n) is 3.02. The van der Waals surface area contributed by atoms with Crippen molar-refractivity contribution in [3.8, 4) is 0 Å². The van der Waals surface area contributed by atoms with Gasteiger partial charge in [-0.3, -0.25) is 4.79 Å². The number of unbranched alkanes of at least 4 members (excludes halogenated alkanes) is 1. The van der Waals surface area contributed by atoms with Crippen molar-refractivity contribution in [2.75, 3.05) is 12.9 Å². The summed E-state index contributed by atoms with van der Waals surface area (Å²) in [6.07, 6.45) is 13.3. The van der Waals surface area contributed by atoms with E-state index in [0.717, 1.165) is 37.9 Å². The zero-order chi connectivity index (χ0) is 18.0. The van der Waals surface area contributed by atoms with E-state index < -0.39 is 0 Å². The molecule has 1 rings (SSSR count). The topological polar surface area (TPSA) is 26.3 Å². The van der Waals surface area contributed by atoms with E-state index in [1.54, 1.807) is 7.11 Å². The van der Waals surface area contributed by atoms with Crippen LogP contribution in [0.2, 0.25) is 0 Å². The van der Waals surface area contributed by atoms with E-state index in [9.17, 15) is 4.79 Å². The smallest absolute Gasteiger partial charge is 0.212 e. The summed E-state index contributed by atoms with van der Waals surface area (Å²) in [6.45, 7) is 8.81. The first-order valence-electron chi connectivity index (χ1n) is 9.48. The predicted octanol–water partition coefficient (Wildman–Crippen LogP) is 6.31. The third-order valence-electron chi connectivity index (χ3n) is 4.81. The molecule has 2 nitrogen and oxygen atoms in total. The molecule has 0 heterocycles. The monoisotopic (exact) mass is 352 g/mol. The number of hydrogen-bond acceptors (Lipinski definition) is 3. The van der Waals surface area contributed by atoms with E-state index in [1.165, 1.54) is 42.2 Å². The SMILES string of the molecule is CCCCSC(=O)/C=C1/C=C(CC(C)CCCC(C)(C)OC)CC1. The first-order chi connectivity index (χ1) is 11.4. The Labute approximate surface area is 153 Å². The molecule has 0 saturated carbocycles. The molecule has 1 aliphatic rings. The quantitative estimate of drug-likeness (QED) is 0.322. The van der Waals surface area contributed by atoms with Gasteiger partial charge in [-0.05, 0) is 63.5 Å². The summed E-state index contributed by atoms with van der Waals surface area (Å²) in [5.41, 5.74) is 2.75. The van der Waals surface area contributed by atoms with E-state index in [1.807, 2.05) is 6.08 Å². The summed E-state index contributed by atoms with van der Waals surface area (Å²) in [6, 6.07) is 0. The van der Waals surface area contributed by atoms with Crippen LogP contribution in [0.5, 0.6) is 0 Å². The average Bonchev–Trinajstić information content (AvgIpc) is 2.94. The number of carbonyl (C=O) groups is 1.